The van der Waals surface area contributed by atoms with Crippen LogP contribution in [0.4, 0.5) is 0 Å². The third-order valence-corrected chi connectivity index (χ3v) is 3.21. The van der Waals surface area contributed by atoms with Gasteiger partial charge in [-0.25, -0.2) is 0 Å². The maximum Gasteiger partial charge on any atom is 0.217 e. The molecule has 0 aromatic carbocycles. The van der Waals surface area contributed by atoms with Crippen LogP contribution in [0.2, 0.25) is 0 Å². The number of hydrogen-bond donors (Lipinski definition) is 1. The Morgan fingerprint density at radius 1 is 1.29 bits per heavy atom. The molecule has 1 saturated carbocycles. The van der Waals surface area contributed by atoms with Gasteiger partial charge in [-0.2, -0.15) is 0 Å². The number of rotatable bonds is 3. The lowest BCUT2D eigenvalue weighted by atomic mass is 9.90. The topological polar surface area (TPSA) is 29.1 Å². The third kappa shape index (κ3) is 3.69. The molecule has 1 amide bonds. The Morgan fingerprint density at radius 3 is 2.64 bits per heavy atom. The molecule has 1 fully saturated rings. The second-order valence-corrected chi connectivity index (χ2v) is 4.49. The highest BCUT2D eigenvalue weighted by molar-refractivity contribution is 5.73. The second kappa shape index (κ2) is 6.05. The Balaban J connectivity index is 2.49. The lowest BCUT2D eigenvalue weighted by molar-refractivity contribution is -0.120. The van der Waals surface area contributed by atoms with Gasteiger partial charge in [0.05, 0.1) is 0 Å². The van der Waals surface area contributed by atoms with Crippen molar-refractivity contribution in [2.45, 2.75) is 64.8 Å². The van der Waals surface area contributed by atoms with Gasteiger partial charge >= 0.3 is 0 Å². The van der Waals surface area contributed by atoms with Crippen LogP contribution in [0.15, 0.2) is 0 Å². The van der Waals surface area contributed by atoms with E-state index in [9.17, 15) is 4.79 Å². The molecule has 2 nitrogen and oxygen atoms in total. The van der Waals surface area contributed by atoms with Gasteiger partial charge in [-0.1, -0.05) is 32.6 Å². The largest absolute Gasteiger partial charge is 0.353 e. The van der Waals surface area contributed by atoms with Gasteiger partial charge in [0, 0.05) is 13.0 Å². The van der Waals surface area contributed by atoms with Crippen LogP contribution in [0.1, 0.15) is 58.8 Å². The summed E-state index contributed by atoms with van der Waals surface area (Å²) in [5, 5.41) is 3.12. The minimum atomic E-state index is 0.137. The highest BCUT2D eigenvalue weighted by Crippen LogP contribution is 2.26. The van der Waals surface area contributed by atoms with Gasteiger partial charge in [0.1, 0.15) is 0 Å². The van der Waals surface area contributed by atoms with Crippen LogP contribution in [0.25, 0.3) is 0 Å². The average molecular weight is 197 g/mol. The van der Waals surface area contributed by atoms with E-state index in [0.29, 0.717) is 6.04 Å². The predicted molar refractivity (Wildman–Crippen MR) is 59.1 cm³/mol. The molecule has 0 spiro atoms. The zero-order valence-electron chi connectivity index (χ0n) is 9.51. The highest BCUT2D eigenvalue weighted by Gasteiger charge is 2.23. The summed E-state index contributed by atoms with van der Waals surface area (Å²) in [6.07, 6.45) is 8.97. The molecule has 1 N–H and O–H groups in total. The van der Waals surface area contributed by atoms with E-state index < -0.39 is 0 Å². The molecule has 0 saturated heterocycles. The van der Waals surface area contributed by atoms with E-state index >= 15 is 0 Å². The summed E-state index contributed by atoms with van der Waals surface area (Å²) in [7, 11) is 0. The fourth-order valence-electron chi connectivity index (χ4n) is 2.55. The first-order valence-corrected chi connectivity index (χ1v) is 6.01. The molecule has 1 aliphatic rings. The van der Waals surface area contributed by atoms with Crippen LogP contribution in [0.3, 0.4) is 0 Å². The molecule has 82 valence electrons. The second-order valence-electron chi connectivity index (χ2n) is 4.49. The zero-order valence-corrected chi connectivity index (χ0v) is 9.51. The van der Waals surface area contributed by atoms with Crippen LogP contribution >= 0.6 is 0 Å². The van der Waals surface area contributed by atoms with Crippen molar-refractivity contribution < 1.29 is 4.79 Å². The molecule has 0 radical (unpaired) electrons. The smallest absolute Gasteiger partial charge is 0.217 e. The van der Waals surface area contributed by atoms with Crippen molar-refractivity contribution in [2.24, 2.45) is 5.92 Å². The monoisotopic (exact) mass is 197 g/mol. The Kier molecular flexibility index (Phi) is 4.99. The van der Waals surface area contributed by atoms with Crippen LogP contribution in [-0.2, 0) is 4.79 Å². The van der Waals surface area contributed by atoms with Crippen molar-refractivity contribution >= 4 is 5.91 Å². The van der Waals surface area contributed by atoms with Crippen molar-refractivity contribution in [3.05, 3.63) is 0 Å². The van der Waals surface area contributed by atoms with Gasteiger partial charge in [0.25, 0.3) is 0 Å². The molecule has 14 heavy (non-hydrogen) atoms. The van der Waals surface area contributed by atoms with E-state index in [4.69, 9.17) is 0 Å². The zero-order chi connectivity index (χ0) is 10.4. The number of amides is 1. The van der Waals surface area contributed by atoms with Gasteiger partial charge < -0.3 is 5.32 Å². The van der Waals surface area contributed by atoms with Crippen LogP contribution < -0.4 is 5.32 Å². The number of hydrogen-bond acceptors (Lipinski definition) is 1. The first kappa shape index (κ1) is 11.5. The van der Waals surface area contributed by atoms with E-state index in [1.165, 1.54) is 44.9 Å². The van der Waals surface area contributed by atoms with Gasteiger partial charge in [-0.05, 0) is 25.2 Å². The first-order chi connectivity index (χ1) is 6.74. The lowest BCUT2D eigenvalue weighted by Crippen LogP contribution is -2.38. The molecule has 2 heteroatoms. The molecular weight excluding hydrogens is 174 g/mol. The summed E-state index contributed by atoms with van der Waals surface area (Å²) in [4.78, 5) is 11.1. The van der Waals surface area contributed by atoms with Crippen LogP contribution in [0.5, 0.6) is 0 Å². The van der Waals surface area contributed by atoms with Gasteiger partial charge in [-0.15, -0.1) is 0 Å². The van der Waals surface area contributed by atoms with Crippen molar-refractivity contribution in [3.63, 3.8) is 0 Å². The number of nitrogens with one attached hydrogen (secondary N) is 1. The molecule has 1 aliphatic carbocycles. The standard InChI is InChI=1S/C12H23NO/c1-3-7-11-8-5-4-6-9-12(11)13-10(2)14/h11-12H,3-9H2,1-2H3,(H,13,14)/t11-,12-/m1/s1. The molecule has 0 aliphatic heterocycles. The Hall–Kier alpha value is -0.530. The molecule has 0 heterocycles. The summed E-state index contributed by atoms with van der Waals surface area (Å²) in [6.45, 7) is 3.86. The fourth-order valence-corrected chi connectivity index (χ4v) is 2.55. The Bertz CT molecular complexity index is 179. The van der Waals surface area contributed by atoms with Gasteiger partial charge in [0.2, 0.25) is 5.91 Å². The summed E-state index contributed by atoms with van der Waals surface area (Å²) < 4.78 is 0. The van der Waals surface area contributed by atoms with Crippen molar-refractivity contribution in [3.8, 4) is 0 Å². The predicted octanol–water partition coefficient (Wildman–Crippen LogP) is 2.87. The molecule has 2 atom stereocenters. The molecule has 0 bridgehead atoms. The van der Waals surface area contributed by atoms with E-state index in [1.54, 1.807) is 6.92 Å². The molecule has 0 aromatic rings. The maximum absolute atomic E-state index is 11.1. The molecule has 0 unspecified atom stereocenters. The third-order valence-electron chi connectivity index (χ3n) is 3.21. The average Bonchev–Trinajstić information content (AvgIpc) is 2.32. The van der Waals surface area contributed by atoms with E-state index in [-0.39, 0.29) is 5.91 Å². The summed E-state index contributed by atoms with van der Waals surface area (Å²) >= 11 is 0. The van der Waals surface area contributed by atoms with Crippen LogP contribution in [0, 0.1) is 5.92 Å². The molecule has 0 aromatic heterocycles. The van der Waals surface area contributed by atoms with E-state index in [2.05, 4.69) is 12.2 Å². The molecule has 1 rings (SSSR count). The lowest BCUT2D eigenvalue weighted by Gasteiger charge is -2.25. The minimum absolute atomic E-state index is 0.137. The van der Waals surface area contributed by atoms with Crippen molar-refractivity contribution in [1.29, 1.82) is 0 Å². The number of carbonyl (C=O) groups is 1. The Labute approximate surface area is 87.5 Å². The van der Waals surface area contributed by atoms with E-state index in [0.717, 1.165) is 5.92 Å². The summed E-state index contributed by atoms with van der Waals surface area (Å²) in [5.74, 6) is 0.865. The number of carbonyl (C=O) groups excluding carboxylic acids is 1. The summed E-state index contributed by atoms with van der Waals surface area (Å²) in [6, 6.07) is 0.454. The quantitative estimate of drug-likeness (QED) is 0.692. The van der Waals surface area contributed by atoms with Gasteiger partial charge in [0.15, 0.2) is 0 Å². The minimum Gasteiger partial charge on any atom is -0.353 e. The SMILES string of the molecule is CCC[C@@H]1CCCCC[C@H]1NC(C)=O. The van der Waals surface area contributed by atoms with Gasteiger partial charge in [-0.3, -0.25) is 4.79 Å². The van der Waals surface area contributed by atoms with E-state index in [1.807, 2.05) is 0 Å². The molecular formula is C12H23NO. The first-order valence-electron chi connectivity index (χ1n) is 6.01. The maximum atomic E-state index is 11.1. The van der Waals surface area contributed by atoms with Crippen molar-refractivity contribution in [1.82, 2.24) is 5.32 Å². The van der Waals surface area contributed by atoms with Crippen LogP contribution in [-0.4, -0.2) is 11.9 Å². The Morgan fingerprint density at radius 2 is 2.00 bits per heavy atom. The fraction of sp³-hybridized carbons (Fsp3) is 0.917. The van der Waals surface area contributed by atoms with Crippen molar-refractivity contribution in [2.75, 3.05) is 0 Å². The summed E-state index contributed by atoms with van der Waals surface area (Å²) in [5.41, 5.74) is 0. The normalized spacial score (nSPS) is 28.1. The highest BCUT2D eigenvalue weighted by atomic mass is 16.1.